The van der Waals surface area contributed by atoms with Crippen molar-refractivity contribution in [2.45, 2.75) is 79.2 Å². The smallest absolute Gasteiger partial charge is 0.407 e. The number of H-pyrrole nitrogens is 1. The normalized spacial score (nSPS) is 19.0. The van der Waals surface area contributed by atoms with Gasteiger partial charge in [0.15, 0.2) is 5.78 Å². The van der Waals surface area contributed by atoms with Crippen molar-refractivity contribution in [3.63, 3.8) is 0 Å². The lowest BCUT2D eigenvalue weighted by Crippen LogP contribution is -2.46. The van der Waals surface area contributed by atoms with E-state index in [1.165, 1.54) is 0 Å². The zero-order valence-corrected chi connectivity index (χ0v) is 20.5. The standard InChI is InChI=1S/C24H38N4O5/c1-15(2)20(27-23(32)33-14-24(3,4)5)19(29)12-16-8-6-9-17-13-26-28-18(17)10-7-11-25-22(31)21(16)30/h13,15-16,20H,6-12,14H2,1-5H3,(H,25,31)(H,26,28)(H,27,32). The van der Waals surface area contributed by atoms with Crippen LogP contribution in [0, 0.1) is 17.3 Å². The van der Waals surface area contributed by atoms with Gasteiger partial charge in [-0.05, 0) is 49.0 Å². The second-order valence-electron chi connectivity index (χ2n) is 10.4. The number of fused-ring (bicyclic) bond motifs is 1. The lowest BCUT2D eigenvalue weighted by atomic mass is 9.86. The minimum atomic E-state index is -0.796. The Morgan fingerprint density at radius 3 is 2.61 bits per heavy atom. The summed E-state index contributed by atoms with van der Waals surface area (Å²) in [6.45, 7) is 10.1. The van der Waals surface area contributed by atoms with Gasteiger partial charge in [0.05, 0.1) is 18.8 Å². The predicted octanol–water partition coefficient (Wildman–Crippen LogP) is 2.74. The van der Waals surface area contributed by atoms with E-state index in [9.17, 15) is 19.2 Å². The largest absolute Gasteiger partial charge is 0.449 e. The van der Waals surface area contributed by atoms with Crippen LogP contribution in [0.1, 0.15) is 71.6 Å². The number of amides is 2. The van der Waals surface area contributed by atoms with E-state index in [0.717, 1.165) is 24.1 Å². The average Bonchev–Trinajstić information content (AvgIpc) is 3.17. The molecule has 33 heavy (non-hydrogen) atoms. The molecule has 2 rings (SSSR count). The molecule has 2 amide bonds. The van der Waals surface area contributed by atoms with Gasteiger partial charge in [0.2, 0.25) is 5.78 Å². The summed E-state index contributed by atoms with van der Waals surface area (Å²) in [6, 6.07) is -0.796. The van der Waals surface area contributed by atoms with Gasteiger partial charge in [-0.1, -0.05) is 34.6 Å². The summed E-state index contributed by atoms with van der Waals surface area (Å²) in [4.78, 5) is 50.6. The number of alkyl carbamates (subject to hydrolysis) is 1. The average molecular weight is 463 g/mol. The molecule has 3 N–H and O–H groups in total. The third-order valence-electron chi connectivity index (χ3n) is 5.66. The molecule has 2 unspecified atom stereocenters. The molecule has 0 radical (unpaired) electrons. The number of aromatic nitrogens is 2. The number of aromatic amines is 1. The number of nitrogens with one attached hydrogen (secondary N) is 3. The maximum Gasteiger partial charge on any atom is 0.407 e. The van der Waals surface area contributed by atoms with E-state index in [-0.39, 0.29) is 30.1 Å². The SMILES string of the molecule is CC(C)C(NC(=O)OCC(C)(C)C)C(=O)CC1CCCc2cn[nH]c2CCCNC(=O)C1=O. The first-order chi connectivity index (χ1) is 15.5. The van der Waals surface area contributed by atoms with Crippen molar-refractivity contribution >= 4 is 23.6 Å². The molecule has 0 saturated carbocycles. The van der Waals surface area contributed by atoms with E-state index in [2.05, 4.69) is 20.8 Å². The summed E-state index contributed by atoms with van der Waals surface area (Å²) in [5, 5.41) is 12.4. The maximum atomic E-state index is 13.1. The number of ketones is 2. The van der Waals surface area contributed by atoms with Crippen molar-refractivity contribution in [3.8, 4) is 0 Å². The topological polar surface area (TPSA) is 130 Å². The molecule has 2 atom stereocenters. The third-order valence-corrected chi connectivity index (χ3v) is 5.66. The van der Waals surface area contributed by atoms with E-state index < -0.39 is 29.7 Å². The number of hydrogen-bond acceptors (Lipinski definition) is 6. The maximum absolute atomic E-state index is 13.1. The van der Waals surface area contributed by atoms with Crippen LogP contribution in [-0.4, -0.2) is 53.0 Å². The van der Waals surface area contributed by atoms with Gasteiger partial charge in [-0.3, -0.25) is 19.5 Å². The first-order valence-corrected chi connectivity index (χ1v) is 11.8. The molecule has 0 spiro atoms. The molecule has 1 aromatic rings. The summed E-state index contributed by atoms with van der Waals surface area (Å²) in [5.74, 6) is -2.43. The quantitative estimate of drug-likeness (QED) is 0.557. The van der Waals surface area contributed by atoms with Crippen LogP contribution in [0.25, 0.3) is 0 Å². The van der Waals surface area contributed by atoms with E-state index in [4.69, 9.17) is 4.74 Å². The van der Waals surface area contributed by atoms with Crippen LogP contribution in [0.15, 0.2) is 6.20 Å². The highest BCUT2D eigenvalue weighted by molar-refractivity contribution is 6.37. The second-order valence-corrected chi connectivity index (χ2v) is 10.4. The summed E-state index contributed by atoms with van der Waals surface area (Å²) >= 11 is 0. The molecule has 1 aromatic heterocycles. The molecule has 1 aliphatic heterocycles. The van der Waals surface area contributed by atoms with Gasteiger partial charge in [0, 0.05) is 24.6 Å². The number of hydrogen-bond donors (Lipinski definition) is 3. The van der Waals surface area contributed by atoms with Gasteiger partial charge >= 0.3 is 6.09 Å². The van der Waals surface area contributed by atoms with Gasteiger partial charge < -0.3 is 15.4 Å². The summed E-state index contributed by atoms with van der Waals surface area (Å²) in [7, 11) is 0. The van der Waals surface area contributed by atoms with Crippen molar-refractivity contribution in [3.05, 3.63) is 17.5 Å². The highest BCUT2D eigenvalue weighted by Gasteiger charge is 2.32. The highest BCUT2D eigenvalue weighted by atomic mass is 16.5. The molecule has 184 valence electrons. The first kappa shape index (κ1) is 26.5. The molecule has 1 aliphatic rings. The lowest BCUT2D eigenvalue weighted by molar-refractivity contribution is -0.141. The fourth-order valence-corrected chi connectivity index (χ4v) is 3.81. The monoisotopic (exact) mass is 462 g/mol. The molecule has 9 heteroatoms. The van der Waals surface area contributed by atoms with Crippen LogP contribution < -0.4 is 10.6 Å². The van der Waals surface area contributed by atoms with E-state index in [1.54, 1.807) is 6.20 Å². The van der Waals surface area contributed by atoms with Crippen LogP contribution in [0.3, 0.4) is 0 Å². The van der Waals surface area contributed by atoms with E-state index in [0.29, 0.717) is 25.8 Å². The third kappa shape index (κ3) is 8.63. The molecular formula is C24H38N4O5. The number of rotatable bonds is 6. The Morgan fingerprint density at radius 2 is 1.94 bits per heavy atom. The predicted molar refractivity (Wildman–Crippen MR) is 124 cm³/mol. The van der Waals surface area contributed by atoms with Crippen molar-refractivity contribution < 1.29 is 23.9 Å². The number of Topliss-reactive ketones (excluding diaryl/α,β-unsaturated/α-hetero) is 2. The number of carbonyl (C=O) groups excluding carboxylic acids is 4. The Kier molecular flexibility index (Phi) is 9.61. The molecule has 0 saturated heterocycles. The fraction of sp³-hybridized carbons (Fsp3) is 0.708. The van der Waals surface area contributed by atoms with Crippen molar-refractivity contribution in [1.82, 2.24) is 20.8 Å². The lowest BCUT2D eigenvalue weighted by Gasteiger charge is -2.24. The Labute approximate surface area is 195 Å². The second kappa shape index (κ2) is 12.0. The fourth-order valence-electron chi connectivity index (χ4n) is 3.81. The van der Waals surface area contributed by atoms with Gasteiger partial charge in [-0.2, -0.15) is 5.10 Å². The van der Waals surface area contributed by atoms with Crippen LogP contribution in [0.2, 0.25) is 0 Å². The van der Waals surface area contributed by atoms with Crippen molar-refractivity contribution in [2.24, 2.45) is 17.3 Å². The highest BCUT2D eigenvalue weighted by Crippen LogP contribution is 2.21. The molecule has 0 aliphatic carbocycles. The van der Waals surface area contributed by atoms with Gasteiger partial charge in [-0.25, -0.2) is 4.79 Å². The molecule has 0 fully saturated rings. The minimum absolute atomic E-state index is 0.104. The van der Waals surface area contributed by atoms with Crippen molar-refractivity contribution in [2.75, 3.05) is 13.2 Å². The van der Waals surface area contributed by atoms with Crippen LogP contribution in [0.4, 0.5) is 4.79 Å². The van der Waals surface area contributed by atoms with E-state index in [1.807, 2.05) is 34.6 Å². The van der Waals surface area contributed by atoms with Gasteiger partial charge in [0.1, 0.15) is 0 Å². The molecule has 9 nitrogen and oxygen atoms in total. The molecule has 2 heterocycles. The molecule has 0 bridgehead atoms. The Bertz CT molecular complexity index is 840. The van der Waals surface area contributed by atoms with E-state index >= 15 is 0 Å². The van der Waals surface area contributed by atoms with Crippen molar-refractivity contribution in [1.29, 1.82) is 0 Å². The first-order valence-electron chi connectivity index (χ1n) is 11.8. The Hall–Kier alpha value is -2.71. The number of carbonyl (C=O) groups is 4. The van der Waals surface area contributed by atoms with Gasteiger partial charge in [-0.15, -0.1) is 0 Å². The Balaban J connectivity index is 2.07. The number of aryl methyl sites for hydroxylation is 2. The summed E-state index contributed by atoms with van der Waals surface area (Å²) in [5.41, 5.74) is 1.95. The number of nitrogens with zero attached hydrogens (tertiary/aromatic N) is 1. The zero-order valence-electron chi connectivity index (χ0n) is 20.5. The molecule has 0 aromatic carbocycles. The summed E-state index contributed by atoms with van der Waals surface area (Å²) in [6.07, 6.45) is 4.24. The Morgan fingerprint density at radius 1 is 1.21 bits per heavy atom. The van der Waals surface area contributed by atoms with Crippen LogP contribution in [0.5, 0.6) is 0 Å². The number of ether oxygens (including phenoxy) is 1. The molecular weight excluding hydrogens is 424 g/mol. The minimum Gasteiger partial charge on any atom is -0.449 e. The van der Waals surface area contributed by atoms with Crippen LogP contribution >= 0.6 is 0 Å². The van der Waals surface area contributed by atoms with Gasteiger partial charge in [0.25, 0.3) is 5.91 Å². The summed E-state index contributed by atoms with van der Waals surface area (Å²) < 4.78 is 5.24. The zero-order chi connectivity index (χ0) is 24.6. The van der Waals surface area contributed by atoms with Crippen LogP contribution in [-0.2, 0) is 32.0 Å².